The summed E-state index contributed by atoms with van der Waals surface area (Å²) in [5.41, 5.74) is 6.81. The van der Waals surface area contributed by atoms with Crippen LogP contribution in [-0.2, 0) is 4.79 Å². The van der Waals surface area contributed by atoms with E-state index in [1.807, 2.05) is 6.07 Å². The molecule has 14 heavy (non-hydrogen) atoms. The smallest absolute Gasteiger partial charge is 0.303 e. The molecule has 6 heteroatoms. The molecule has 0 aromatic carbocycles. The van der Waals surface area contributed by atoms with Gasteiger partial charge in [0.25, 0.3) is 0 Å². The van der Waals surface area contributed by atoms with Gasteiger partial charge in [0.1, 0.15) is 0 Å². The van der Waals surface area contributed by atoms with Crippen molar-refractivity contribution in [3.63, 3.8) is 0 Å². The van der Waals surface area contributed by atoms with Crippen LogP contribution in [-0.4, -0.2) is 11.1 Å². The average molecular weight is 343 g/mol. The van der Waals surface area contributed by atoms with Crippen molar-refractivity contribution < 1.29 is 9.90 Å². The average Bonchev–Trinajstić information content (AvgIpc) is 2.41. The highest BCUT2D eigenvalue weighted by molar-refractivity contribution is 9.12. The quantitative estimate of drug-likeness (QED) is 0.883. The topological polar surface area (TPSA) is 63.3 Å². The number of hydrogen-bond acceptors (Lipinski definition) is 3. The maximum Gasteiger partial charge on any atom is 0.303 e. The van der Waals surface area contributed by atoms with E-state index in [4.69, 9.17) is 10.8 Å². The van der Waals surface area contributed by atoms with E-state index in [1.54, 1.807) is 0 Å². The molecule has 0 amide bonds. The first kappa shape index (κ1) is 12.2. The maximum atomic E-state index is 10.4. The van der Waals surface area contributed by atoms with E-state index in [9.17, 15) is 4.79 Å². The van der Waals surface area contributed by atoms with Crippen molar-refractivity contribution >= 4 is 49.2 Å². The predicted octanol–water partition coefficient (Wildman–Crippen LogP) is 3.14. The Kier molecular flexibility index (Phi) is 4.56. The van der Waals surface area contributed by atoms with Crippen LogP contribution in [0.2, 0.25) is 0 Å². The molecule has 1 rings (SSSR count). The Labute approximate surface area is 103 Å². The number of rotatable bonds is 4. The zero-order valence-corrected chi connectivity index (χ0v) is 11.2. The lowest BCUT2D eigenvalue weighted by atomic mass is 10.1. The van der Waals surface area contributed by atoms with Crippen molar-refractivity contribution in [3.8, 4) is 0 Å². The molecule has 78 valence electrons. The largest absolute Gasteiger partial charge is 0.481 e. The molecule has 1 aromatic rings. The highest BCUT2D eigenvalue weighted by atomic mass is 79.9. The van der Waals surface area contributed by atoms with Gasteiger partial charge in [0.05, 0.1) is 7.57 Å². The summed E-state index contributed by atoms with van der Waals surface area (Å²) < 4.78 is 1.95. The fourth-order valence-corrected chi connectivity index (χ4v) is 4.04. The molecule has 0 saturated heterocycles. The van der Waals surface area contributed by atoms with Gasteiger partial charge in [-0.05, 0) is 49.9 Å². The van der Waals surface area contributed by atoms with Crippen LogP contribution in [0, 0.1) is 0 Å². The van der Waals surface area contributed by atoms with Crippen LogP contribution in [0.5, 0.6) is 0 Å². The molecule has 1 heterocycles. The molecular formula is C8H9Br2NO2S. The lowest BCUT2D eigenvalue weighted by Crippen LogP contribution is -2.11. The van der Waals surface area contributed by atoms with Gasteiger partial charge >= 0.3 is 5.97 Å². The minimum atomic E-state index is -0.814. The number of thiophene rings is 1. The van der Waals surface area contributed by atoms with Gasteiger partial charge in [-0.25, -0.2) is 0 Å². The fourth-order valence-electron chi connectivity index (χ4n) is 1.04. The van der Waals surface area contributed by atoms with Gasteiger partial charge in [0, 0.05) is 12.5 Å². The Hall–Kier alpha value is 0.0900. The number of carbonyl (C=O) groups is 1. The summed E-state index contributed by atoms with van der Waals surface area (Å²) in [7, 11) is 0. The lowest BCUT2D eigenvalue weighted by Gasteiger charge is -2.08. The van der Waals surface area contributed by atoms with Crippen LogP contribution in [0.15, 0.2) is 13.6 Å². The number of hydrogen-bond donors (Lipinski definition) is 2. The second kappa shape index (κ2) is 5.25. The minimum Gasteiger partial charge on any atom is -0.481 e. The molecule has 0 aliphatic rings. The van der Waals surface area contributed by atoms with Crippen molar-refractivity contribution in [2.45, 2.75) is 18.9 Å². The molecule has 0 radical (unpaired) electrons. The normalized spacial score (nSPS) is 12.8. The monoisotopic (exact) mass is 341 g/mol. The van der Waals surface area contributed by atoms with Gasteiger partial charge in [-0.3, -0.25) is 4.79 Å². The third kappa shape index (κ3) is 3.34. The summed E-state index contributed by atoms with van der Waals surface area (Å²) in [6.45, 7) is 0. The number of carboxylic acids is 1. The van der Waals surface area contributed by atoms with Crippen LogP contribution >= 0.6 is 43.2 Å². The Balaban J connectivity index is 2.64. The molecule has 0 fully saturated rings. The van der Waals surface area contributed by atoms with E-state index in [2.05, 4.69) is 31.9 Å². The molecule has 3 N–H and O–H groups in total. The first-order valence-corrected chi connectivity index (χ1v) is 6.33. The standard InChI is InChI=1S/C8H9Br2NO2S/c9-6-3-4(8(10)14-6)5(11)1-2-7(12)13/h3,5H,1-2,11H2,(H,12,13). The SMILES string of the molecule is NC(CCC(=O)O)c1cc(Br)sc1Br. The van der Waals surface area contributed by atoms with Crippen LogP contribution in [0.4, 0.5) is 0 Å². The van der Waals surface area contributed by atoms with Crippen molar-refractivity contribution in [2.75, 3.05) is 0 Å². The van der Waals surface area contributed by atoms with Crippen molar-refractivity contribution in [1.82, 2.24) is 0 Å². The number of halogens is 2. The molecule has 0 aliphatic heterocycles. The van der Waals surface area contributed by atoms with Crippen LogP contribution in [0.1, 0.15) is 24.4 Å². The van der Waals surface area contributed by atoms with Gasteiger partial charge in [-0.15, -0.1) is 11.3 Å². The second-order valence-corrected chi connectivity index (χ2v) is 6.57. The lowest BCUT2D eigenvalue weighted by molar-refractivity contribution is -0.137. The number of nitrogens with two attached hydrogens (primary N) is 1. The number of carboxylic acid groups (broad SMARTS) is 1. The van der Waals surface area contributed by atoms with E-state index in [0.29, 0.717) is 6.42 Å². The molecule has 0 saturated carbocycles. The molecule has 0 bridgehead atoms. The van der Waals surface area contributed by atoms with Crippen LogP contribution < -0.4 is 5.73 Å². The minimum absolute atomic E-state index is 0.0983. The van der Waals surface area contributed by atoms with Crippen LogP contribution in [0.25, 0.3) is 0 Å². The third-order valence-corrected chi connectivity index (χ3v) is 4.14. The fraction of sp³-hybridized carbons (Fsp3) is 0.375. The van der Waals surface area contributed by atoms with E-state index >= 15 is 0 Å². The summed E-state index contributed by atoms with van der Waals surface area (Å²) in [6, 6.07) is 1.70. The Morgan fingerprint density at radius 1 is 1.64 bits per heavy atom. The Morgan fingerprint density at radius 2 is 2.29 bits per heavy atom. The maximum absolute atomic E-state index is 10.4. The third-order valence-electron chi connectivity index (χ3n) is 1.75. The highest BCUT2D eigenvalue weighted by Crippen LogP contribution is 2.35. The Morgan fingerprint density at radius 3 is 2.71 bits per heavy atom. The van der Waals surface area contributed by atoms with Crippen molar-refractivity contribution in [1.29, 1.82) is 0 Å². The molecule has 1 unspecified atom stereocenters. The van der Waals surface area contributed by atoms with Crippen molar-refractivity contribution in [3.05, 3.63) is 19.2 Å². The molecular weight excluding hydrogens is 334 g/mol. The van der Waals surface area contributed by atoms with E-state index in [-0.39, 0.29) is 12.5 Å². The summed E-state index contributed by atoms with van der Waals surface area (Å²) in [6.07, 6.45) is 0.554. The number of aliphatic carboxylic acids is 1. The molecule has 1 atom stereocenters. The van der Waals surface area contributed by atoms with Gasteiger partial charge < -0.3 is 10.8 Å². The van der Waals surface area contributed by atoms with Crippen molar-refractivity contribution in [2.24, 2.45) is 5.73 Å². The first-order chi connectivity index (χ1) is 6.50. The molecule has 0 aliphatic carbocycles. The van der Waals surface area contributed by atoms with E-state index in [1.165, 1.54) is 11.3 Å². The van der Waals surface area contributed by atoms with Gasteiger partial charge in [-0.2, -0.15) is 0 Å². The second-order valence-electron chi connectivity index (χ2n) is 2.82. The molecule has 3 nitrogen and oxygen atoms in total. The molecule has 1 aromatic heterocycles. The zero-order valence-electron chi connectivity index (χ0n) is 7.17. The van der Waals surface area contributed by atoms with E-state index in [0.717, 1.165) is 13.1 Å². The van der Waals surface area contributed by atoms with Gasteiger partial charge in [0.2, 0.25) is 0 Å². The van der Waals surface area contributed by atoms with Crippen LogP contribution in [0.3, 0.4) is 0 Å². The summed E-state index contributed by atoms with van der Waals surface area (Å²) in [5.74, 6) is -0.814. The predicted molar refractivity (Wildman–Crippen MR) is 63.5 cm³/mol. The van der Waals surface area contributed by atoms with Gasteiger partial charge in [0.15, 0.2) is 0 Å². The first-order valence-electron chi connectivity index (χ1n) is 3.93. The Bertz CT molecular complexity index is 340. The molecule has 0 spiro atoms. The van der Waals surface area contributed by atoms with E-state index < -0.39 is 5.97 Å². The summed E-state index contributed by atoms with van der Waals surface area (Å²) in [4.78, 5) is 10.4. The van der Waals surface area contributed by atoms with Gasteiger partial charge in [-0.1, -0.05) is 0 Å². The zero-order chi connectivity index (χ0) is 10.7. The summed E-state index contributed by atoms with van der Waals surface area (Å²) in [5, 5.41) is 8.51. The summed E-state index contributed by atoms with van der Waals surface area (Å²) >= 11 is 8.27. The highest BCUT2D eigenvalue weighted by Gasteiger charge is 2.14.